The summed E-state index contributed by atoms with van der Waals surface area (Å²) in [7, 11) is 0. The maximum Gasteiger partial charge on any atom is 0.356 e. The maximum absolute atomic E-state index is 11.1. The quantitative estimate of drug-likeness (QED) is 0.415. The lowest BCUT2D eigenvalue weighted by Gasteiger charge is -2.09. The summed E-state index contributed by atoms with van der Waals surface area (Å²) in [6.07, 6.45) is 1.52. The van der Waals surface area contributed by atoms with Gasteiger partial charge in [0.2, 0.25) is 0 Å². The Bertz CT molecular complexity index is 768. The van der Waals surface area contributed by atoms with Crippen molar-refractivity contribution in [1.82, 2.24) is 4.98 Å². The van der Waals surface area contributed by atoms with Crippen LogP contribution in [0, 0.1) is 0 Å². The lowest BCUT2D eigenvalue weighted by molar-refractivity contribution is 0.0691. The molecular formula is C13H7BrCl3N3O2. The number of anilines is 1. The molecule has 0 saturated carbocycles. The maximum atomic E-state index is 11.1. The zero-order valence-corrected chi connectivity index (χ0v) is 14.5. The molecule has 2 rings (SSSR count). The summed E-state index contributed by atoms with van der Waals surface area (Å²) in [4.78, 5) is 14.7. The van der Waals surface area contributed by atoms with Gasteiger partial charge in [0.1, 0.15) is 10.0 Å². The normalized spacial score (nSPS) is 10.9. The largest absolute Gasteiger partial charge is 0.476 e. The molecule has 2 aromatic rings. The molecule has 114 valence electrons. The third-order valence-corrected chi connectivity index (χ3v) is 4.35. The van der Waals surface area contributed by atoms with E-state index in [1.165, 1.54) is 6.21 Å². The van der Waals surface area contributed by atoms with E-state index < -0.39 is 11.7 Å². The Hall–Kier alpha value is -1.34. The van der Waals surface area contributed by atoms with Gasteiger partial charge < -0.3 is 5.11 Å². The minimum absolute atomic E-state index is 0.0130. The van der Waals surface area contributed by atoms with Crippen LogP contribution in [-0.2, 0) is 0 Å². The Morgan fingerprint density at radius 3 is 2.59 bits per heavy atom. The molecule has 0 spiro atoms. The van der Waals surface area contributed by atoms with Crippen molar-refractivity contribution < 1.29 is 9.90 Å². The predicted molar refractivity (Wildman–Crippen MR) is 91.6 cm³/mol. The molecule has 1 aromatic heterocycles. The Balaban J connectivity index is 2.34. The van der Waals surface area contributed by atoms with Crippen LogP contribution in [0.15, 0.2) is 33.8 Å². The number of aromatic carboxylic acids is 1. The molecule has 0 amide bonds. The van der Waals surface area contributed by atoms with Gasteiger partial charge in [-0.2, -0.15) is 5.10 Å². The van der Waals surface area contributed by atoms with E-state index in [1.54, 1.807) is 0 Å². The van der Waals surface area contributed by atoms with Crippen molar-refractivity contribution in [1.29, 1.82) is 0 Å². The number of aromatic nitrogens is 1. The second-order valence-corrected chi connectivity index (χ2v) is 5.92. The minimum Gasteiger partial charge on any atom is -0.476 e. The lowest BCUT2D eigenvalue weighted by Crippen LogP contribution is -2.05. The smallest absolute Gasteiger partial charge is 0.356 e. The number of nitrogens with one attached hydrogen (secondary N) is 1. The van der Waals surface area contributed by atoms with Crippen LogP contribution in [0.4, 0.5) is 5.69 Å². The van der Waals surface area contributed by atoms with Crippen molar-refractivity contribution in [3.63, 3.8) is 0 Å². The molecular weight excluding hydrogens is 416 g/mol. The third kappa shape index (κ3) is 3.70. The number of hydrogen-bond donors (Lipinski definition) is 2. The number of nitrogens with zero attached hydrogens (tertiary/aromatic N) is 2. The van der Waals surface area contributed by atoms with Crippen molar-refractivity contribution in [3.8, 4) is 0 Å². The Morgan fingerprint density at radius 2 is 1.95 bits per heavy atom. The molecule has 0 bridgehead atoms. The molecule has 5 nitrogen and oxygen atoms in total. The average molecular weight is 423 g/mol. The summed E-state index contributed by atoms with van der Waals surface area (Å²) >= 11 is 21.1. The highest BCUT2D eigenvalue weighted by Gasteiger charge is 2.20. The third-order valence-electron chi connectivity index (χ3n) is 2.53. The topological polar surface area (TPSA) is 74.6 Å². The first kappa shape index (κ1) is 17.0. The number of benzene rings is 1. The molecule has 0 aliphatic heterocycles. The van der Waals surface area contributed by atoms with Crippen LogP contribution in [-0.4, -0.2) is 22.3 Å². The number of carboxylic acids is 1. The van der Waals surface area contributed by atoms with Gasteiger partial charge in [-0.25, -0.2) is 9.78 Å². The van der Waals surface area contributed by atoms with Gasteiger partial charge in [0.05, 0.1) is 11.9 Å². The van der Waals surface area contributed by atoms with Crippen molar-refractivity contribution in [2.45, 2.75) is 0 Å². The van der Waals surface area contributed by atoms with E-state index in [0.29, 0.717) is 0 Å². The minimum atomic E-state index is -1.32. The van der Waals surface area contributed by atoms with Gasteiger partial charge >= 0.3 is 5.97 Å². The molecule has 0 atom stereocenters. The summed E-state index contributed by atoms with van der Waals surface area (Å²) in [6.45, 7) is 0. The van der Waals surface area contributed by atoms with E-state index >= 15 is 0 Å². The van der Waals surface area contributed by atoms with Crippen LogP contribution < -0.4 is 5.43 Å². The zero-order chi connectivity index (χ0) is 16.3. The van der Waals surface area contributed by atoms with Crippen LogP contribution in [0.25, 0.3) is 0 Å². The second-order valence-electron chi connectivity index (χ2n) is 3.95. The standard InChI is InChI=1S/C13H7BrCl3N3O2/c14-7-4-2-1-3-6(7)5-18-20-10-8(15)11(13(21)22)19-12(17)9(10)16/h1-5H,(H,19,20)(H,21,22). The van der Waals surface area contributed by atoms with Crippen molar-refractivity contribution in [3.05, 3.63) is 55.2 Å². The zero-order valence-electron chi connectivity index (χ0n) is 10.6. The molecule has 9 heteroatoms. The average Bonchev–Trinajstić information content (AvgIpc) is 2.48. The van der Waals surface area contributed by atoms with Crippen molar-refractivity contribution in [2.24, 2.45) is 5.10 Å². The molecule has 0 saturated heterocycles. The highest BCUT2D eigenvalue weighted by molar-refractivity contribution is 9.10. The van der Waals surface area contributed by atoms with E-state index in [9.17, 15) is 4.79 Å². The highest BCUT2D eigenvalue weighted by atomic mass is 79.9. The van der Waals surface area contributed by atoms with Crippen LogP contribution in [0.1, 0.15) is 16.1 Å². The van der Waals surface area contributed by atoms with E-state index in [2.05, 4.69) is 31.4 Å². The van der Waals surface area contributed by atoms with Crippen LogP contribution >= 0.6 is 50.7 Å². The summed E-state index contributed by atoms with van der Waals surface area (Å²) in [5, 5.41) is 12.6. The summed E-state index contributed by atoms with van der Waals surface area (Å²) in [5.41, 5.74) is 3.06. The number of carboxylic acid groups (broad SMARTS) is 1. The Kier molecular flexibility index (Phi) is 5.63. The number of carbonyl (C=O) groups is 1. The molecule has 22 heavy (non-hydrogen) atoms. The Labute approximate surface area is 149 Å². The number of hydrogen-bond acceptors (Lipinski definition) is 4. The molecule has 2 N–H and O–H groups in total. The molecule has 1 heterocycles. The molecule has 0 aliphatic rings. The summed E-state index contributed by atoms with van der Waals surface area (Å²) < 4.78 is 0.844. The van der Waals surface area contributed by atoms with Gasteiger partial charge in [0.15, 0.2) is 10.8 Å². The van der Waals surface area contributed by atoms with Gasteiger partial charge in [0.25, 0.3) is 0 Å². The molecule has 0 radical (unpaired) electrons. The second kappa shape index (κ2) is 7.28. The Morgan fingerprint density at radius 1 is 1.27 bits per heavy atom. The van der Waals surface area contributed by atoms with E-state index in [-0.39, 0.29) is 20.9 Å². The van der Waals surface area contributed by atoms with Gasteiger partial charge in [-0.1, -0.05) is 68.9 Å². The summed E-state index contributed by atoms with van der Waals surface area (Å²) in [6, 6.07) is 7.40. The highest BCUT2D eigenvalue weighted by Crippen LogP contribution is 2.36. The fourth-order valence-electron chi connectivity index (χ4n) is 1.50. The number of halogens is 4. The van der Waals surface area contributed by atoms with Crippen LogP contribution in [0.3, 0.4) is 0 Å². The first-order chi connectivity index (χ1) is 10.4. The van der Waals surface area contributed by atoms with E-state index in [4.69, 9.17) is 39.9 Å². The van der Waals surface area contributed by atoms with Crippen molar-refractivity contribution >= 4 is 68.6 Å². The summed E-state index contributed by atoms with van der Waals surface area (Å²) in [5.74, 6) is -1.32. The van der Waals surface area contributed by atoms with Crippen molar-refractivity contribution in [2.75, 3.05) is 5.43 Å². The van der Waals surface area contributed by atoms with E-state index in [1.807, 2.05) is 24.3 Å². The van der Waals surface area contributed by atoms with E-state index in [0.717, 1.165) is 10.0 Å². The van der Waals surface area contributed by atoms with Crippen LogP contribution in [0.5, 0.6) is 0 Å². The first-order valence-electron chi connectivity index (χ1n) is 5.73. The lowest BCUT2D eigenvalue weighted by atomic mass is 10.2. The molecule has 0 fully saturated rings. The number of pyridine rings is 1. The molecule has 0 unspecified atom stereocenters. The fourth-order valence-corrected chi connectivity index (χ4v) is 2.55. The fraction of sp³-hybridized carbons (Fsp3) is 0. The van der Waals surface area contributed by atoms with Crippen LogP contribution in [0.2, 0.25) is 15.2 Å². The van der Waals surface area contributed by atoms with Gasteiger partial charge in [0, 0.05) is 10.0 Å². The first-order valence-corrected chi connectivity index (χ1v) is 7.66. The number of rotatable bonds is 4. The van der Waals surface area contributed by atoms with Gasteiger partial charge in [-0.05, 0) is 6.07 Å². The van der Waals surface area contributed by atoms with Gasteiger partial charge in [-0.15, -0.1) is 0 Å². The monoisotopic (exact) mass is 421 g/mol. The SMILES string of the molecule is O=C(O)c1nc(Cl)c(Cl)c(NN=Cc2ccccc2Br)c1Cl. The molecule has 0 aliphatic carbocycles. The predicted octanol–water partition coefficient (Wildman–Crippen LogP) is 4.95. The van der Waals surface area contributed by atoms with Gasteiger partial charge in [-0.3, -0.25) is 5.43 Å². The molecule has 1 aromatic carbocycles. The number of hydrazone groups is 1.